The summed E-state index contributed by atoms with van der Waals surface area (Å²) < 4.78 is 40.4. The lowest BCUT2D eigenvalue weighted by Gasteiger charge is -2.35. The predicted molar refractivity (Wildman–Crippen MR) is 162 cm³/mol. The van der Waals surface area contributed by atoms with Crippen LogP contribution in [0.5, 0.6) is 11.5 Å². The van der Waals surface area contributed by atoms with Crippen molar-refractivity contribution in [2.75, 3.05) is 24.1 Å². The summed E-state index contributed by atoms with van der Waals surface area (Å²) in [5.41, 5.74) is 0.310. The maximum absolute atomic E-state index is 14.2. The quantitative estimate of drug-likeness (QED) is 0.344. The molecule has 0 spiro atoms. The van der Waals surface area contributed by atoms with Crippen LogP contribution < -0.4 is 19.1 Å². The van der Waals surface area contributed by atoms with Crippen molar-refractivity contribution in [3.8, 4) is 11.5 Å². The molecule has 0 radical (unpaired) electrons. The van der Waals surface area contributed by atoms with Gasteiger partial charge in [0.2, 0.25) is 11.8 Å². The Morgan fingerprint density at radius 1 is 0.952 bits per heavy atom. The van der Waals surface area contributed by atoms with Crippen LogP contribution in [0.1, 0.15) is 39.7 Å². The molecule has 0 saturated carbocycles. The van der Waals surface area contributed by atoms with Gasteiger partial charge in [0.15, 0.2) is 11.5 Å². The third-order valence-electron chi connectivity index (χ3n) is 6.61. The van der Waals surface area contributed by atoms with Crippen molar-refractivity contribution < 1.29 is 27.5 Å². The fraction of sp³-hybridized carbons (Fsp3) is 0.355. The summed E-state index contributed by atoms with van der Waals surface area (Å²) in [6, 6.07) is 18.8. The molecule has 9 nitrogen and oxygen atoms in total. The Morgan fingerprint density at radius 2 is 1.60 bits per heavy atom. The van der Waals surface area contributed by atoms with Crippen LogP contribution in [0.25, 0.3) is 0 Å². The fourth-order valence-electron chi connectivity index (χ4n) is 4.62. The van der Waals surface area contributed by atoms with Gasteiger partial charge in [0.05, 0.1) is 10.6 Å². The van der Waals surface area contributed by atoms with Gasteiger partial charge >= 0.3 is 0 Å². The number of benzene rings is 3. The molecule has 0 unspecified atom stereocenters. The van der Waals surface area contributed by atoms with Gasteiger partial charge in [-0.05, 0) is 63.1 Å². The molecule has 1 heterocycles. The third kappa shape index (κ3) is 7.35. The first-order valence-electron chi connectivity index (χ1n) is 13.7. The second-order valence-electron chi connectivity index (χ2n) is 10.9. The minimum Gasteiger partial charge on any atom is -0.486 e. The topological polar surface area (TPSA) is 105 Å². The van der Waals surface area contributed by atoms with Gasteiger partial charge in [0.25, 0.3) is 10.0 Å². The van der Waals surface area contributed by atoms with Crippen molar-refractivity contribution >= 4 is 39.1 Å². The normalized spacial score (nSPS) is 13.6. The van der Waals surface area contributed by atoms with Gasteiger partial charge in [-0.15, -0.1) is 0 Å². The van der Waals surface area contributed by atoms with E-state index in [2.05, 4.69) is 5.32 Å². The van der Waals surface area contributed by atoms with Gasteiger partial charge in [0.1, 0.15) is 25.8 Å². The van der Waals surface area contributed by atoms with Crippen LogP contribution in [0.2, 0.25) is 5.02 Å². The molecular weight excluding hydrogens is 578 g/mol. The highest BCUT2D eigenvalue weighted by atomic mass is 35.5. The standard InChI is InChI=1S/C31H36ClN3O6S/c1-5-26(30(37)33-31(2,3)4)34(20-22-11-9-10-14-25(22)32)29(36)21-35(42(38,39)24-12-7-6-8-13-24)23-15-16-27-28(19-23)41-18-17-40-27/h6-16,19,26H,5,17-18,20-21H2,1-4H3,(H,33,37)/t26-/m0/s1. The average molecular weight is 614 g/mol. The van der Waals surface area contributed by atoms with Gasteiger partial charge in [-0.3, -0.25) is 13.9 Å². The first-order chi connectivity index (χ1) is 19.9. The Bertz CT molecular complexity index is 1530. The van der Waals surface area contributed by atoms with Crippen molar-refractivity contribution in [1.82, 2.24) is 10.2 Å². The first-order valence-corrected chi connectivity index (χ1v) is 15.5. The number of carbonyl (C=O) groups is 2. The molecule has 3 aromatic rings. The molecular formula is C31H36ClN3O6S. The highest BCUT2D eigenvalue weighted by Crippen LogP contribution is 2.36. The van der Waals surface area contributed by atoms with Crippen molar-refractivity contribution in [2.45, 2.75) is 57.1 Å². The van der Waals surface area contributed by atoms with Crippen molar-refractivity contribution in [3.63, 3.8) is 0 Å². The Balaban J connectivity index is 1.77. The van der Waals surface area contributed by atoms with E-state index < -0.39 is 34.1 Å². The highest BCUT2D eigenvalue weighted by molar-refractivity contribution is 7.92. The molecule has 3 aromatic carbocycles. The molecule has 0 fully saturated rings. The number of hydrogen-bond donors (Lipinski definition) is 1. The second-order valence-corrected chi connectivity index (χ2v) is 13.2. The van der Waals surface area contributed by atoms with E-state index in [1.54, 1.807) is 67.6 Å². The van der Waals surface area contributed by atoms with E-state index in [0.29, 0.717) is 41.7 Å². The zero-order valence-electron chi connectivity index (χ0n) is 24.2. The number of sulfonamides is 1. The van der Waals surface area contributed by atoms with Gasteiger partial charge in [-0.1, -0.05) is 54.9 Å². The smallest absolute Gasteiger partial charge is 0.264 e. The summed E-state index contributed by atoms with van der Waals surface area (Å²) in [6.07, 6.45) is 0.299. The molecule has 1 aliphatic heterocycles. The molecule has 4 rings (SSSR count). The molecule has 11 heteroatoms. The van der Waals surface area contributed by atoms with E-state index in [1.807, 2.05) is 20.8 Å². The number of halogens is 1. The lowest BCUT2D eigenvalue weighted by molar-refractivity contribution is -0.141. The van der Waals surface area contributed by atoms with Crippen LogP contribution in [0, 0.1) is 0 Å². The van der Waals surface area contributed by atoms with Crippen molar-refractivity contribution in [1.29, 1.82) is 0 Å². The second kappa shape index (κ2) is 13.0. The molecule has 1 atom stereocenters. The molecule has 0 saturated heterocycles. The molecule has 0 aromatic heterocycles. The predicted octanol–water partition coefficient (Wildman–Crippen LogP) is 5.03. The monoisotopic (exact) mass is 613 g/mol. The summed E-state index contributed by atoms with van der Waals surface area (Å²) in [5, 5.41) is 3.39. The zero-order valence-corrected chi connectivity index (χ0v) is 25.7. The van der Waals surface area contributed by atoms with Crippen LogP contribution in [0.3, 0.4) is 0 Å². The average Bonchev–Trinajstić information content (AvgIpc) is 2.96. The molecule has 0 bridgehead atoms. The van der Waals surface area contributed by atoms with Crippen molar-refractivity contribution in [3.05, 3.63) is 83.4 Å². The third-order valence-corrected chi connectivity index (χ3v) is 8.76. The van der Waals surface area contributed by atoms with Crippen LogP contribution >= 0.6 is 11.6 Å². The molecule has 0 aliphatic carbocycles. The van der Waals surface area contributed by atoms with Crippen LogP contribution in [-0.2, 0) is 26.2 Å². The zero-order chi connectivity index (χ0) is 30.5. The number of hydrogen-bond acceptors (Lipinski definition) is 6. The molecule has 2 amide bonds. The van der Waals surface area contributed by atoms with E-state index in [4.69, 9.17) is 21.1 Å². The Hall–Kier alpha value is -3.76. The van der Waals surface area contributed by atoms with Crippen molar-refractivity contribution in [2.24, 2.45) is 0 Å². The molecule has 42 heavy (non-hydrogen) atoms. The Labute approximate surface area is 252 Å². The van der Waals surface area contributed by atoms with Crippen LogP contribution in [-0.4, -0.2) is 56.5 Å². The summed E-state index contributed by atoms with van der Waals surface area (Å²) in [7, 11) is -4.21. The lowest BCUT2D eigenvalue weighted by Crippen LogP contribution is -2.55. The number of nitrogens with one attached hydrogen (secondary N) is 1. The van der Waals surface area contributed by atoms with Crippen LogP contribution in [0.4, 0.5) is 5.69 Å². The van der Waals surface area contributed by atoms with Gasteiger partial charge in [0, 0.05) is 23.2 Å². The minimum atomic E-state index is -4.21. The van der Waals surface area contributed by atoms with E-state index in [9.17, 15) is 18.0 Å². The number of ether oxygens (including phenoxy) is 2. The van der Waals surface area contributed by atoms with Crippen LogP contribution in [0.15, 0.2) is 77.7 Å². The van der Waals surface area contributed by atoms with E-state index in [0.717, 1.165) is 4.31 Å². The Kier molecular flexibility index (Phi) is 9.68. The molecule has 224 valence electrons. The van der Waals surface area contributed by atoms with E-state index in [1.165, 1.54) is 17.0 Å². The minimum absolute atomic E-state index is 0.00887. The fourth-order valence-corrected chi connectivity index (χ4v) is 6.24. The number of rotatable bonds is 10. The maximum Gasteiger partial charge on any atom is 0.264 e. The van der Waals surface area contributed by atoms with E-state index in [-0.39, 0.29) is 23.0 Å². The summed E-state index contributed by atoms with van der Waals surface area (Å²) >= 11 is 6.46. The lowest BCUT2D eigenvalue weighted by atomic mass is 10.1. The molecule has 1 N–H and O–H groups in total. The Morgan fingerprint density at radius 3 is 2.24 bits per heavy atom. The van der Waals surface area contributed by atoms with E-state index >= 15 is 0 Å². The number of anilines is 1. The van der Waals surface area contributed by atoms with Gasteiger partial charge in [-0.2, -0.15) is 0 Å². The summed E-state index contributed by atoms with van der Waals surface area (Å²) in [6.45, 7) is 7.50. The summed E-state index contributed by atoms with van der Waals surface area (Å²) in [5.74, 6) is -0.0515. The largest absolute Gasteiger partial charge is 0.486 e. The summed E-state index contributed by atoms with van der Waals surface area (Å²) in [4.78, 5) is 29.1. The first kappa shape index (κ1) is 31.2. The number of fused-ring (bicyclic) bond motifs is 1. The highest BCUT2D eigenvalue weighted by Gasteiger charge is 2.35. The van der Waals surface area contributed by atoms with Gasteiger partial charge < -0.3 is 19.7 Å². The maximum atomic E-state index is 14.2. The number of nitrogens with zero attached hydrogens (tertiary/aromatic N) is 2. The van der Waals surface area contributed by atoms with Gasteiger partial charge in [-0.25, -0.2) is 8.42 Å². The SMILES string of the molecule is CC[C@@H](C(=O)NC(C)(C)C)N(Cc1ccccc1Cl)C(=O)CN(c1ccc2c(c1)OCCO2)S(=O)(=O)c1ccccc1. The number of amides is 2. The molecule has 1 aliphatic rings. The number of carbonyl (C=O) groups excluding carboxylic acids is 2.